The van der Waals surface area contributed by atoms with Gasteiger partial charge in [0.05, 0.1) is 5.56 Å². The lowest BCUT2D eigenvalue weighted by atomic mass is 10.0. The second kappa shape index (κ2) is 10.1. The standard InChI is InChI=1S/C19H29FN4O2/c1-14-7-5-6-12-24(14)15(2)13-23-19(26)22-11-10-21-18(25)16-8-3-4-9-17(16)20/h3-4,8-9,14-15H,5-7,10-13H2,1-2H3,(H,21,25)(H2,22,23,26)/t14-,15-/m0/s1. The minimum atomic E-state index is -0.559. The largest absolute Gasteiger partial charge is 0.350 e. The number of piperidine rings is 1. The Labute approximate surface area is 154 Å². The molecule has 1 aliphatic heterocycles. The molecule has 0 aliphatic carbocycles. The van der Waals surface area contributed by atoms with Crippen LogP contribution in [0.15, 0.2) is 24.3 Å². The number of benzene rings is 1. The molecule has 0 spiro atoms. The third-order valence-electron chi connectivity index (χ3n) is 4.79. The van der Waals surface area contributed by atoms with Crippen LogP contribution < -0.4 is 16.0 Å². The zero-order chi connectivity index (χ0) is 18.9. The number of urea groups is 1. The van der Waals surface area contributed by atoms with Crippen LogP contribution in [0, 0.1) is 5.82 Å². The van der Waals surface area contributed by atoms with E-state index in [1.165, 1.54) is 37.5 Å². The van der Waals surface area contributed by atoms with Gasteiger partial charge in [0.25, 0.3) is 5.91 Å². The average Bonchev–Trinajstić information content (AvgIpc) is 2.64. The fourth-order valence-corrected chi connectivity index (χ4v) is 3.29. The maximum absolute atomic E-state index is 13.5. The van der Waals surface area contributed by atoms with Crippen molar-refractivity contribution < 1.29 is 14.0 Å². The van der Waals surface area contributed by atoms with Gasteiger partial charge in [-0.2, -0.15) is 0 Å². The highest BCUT2D eigenvalue weighted by Crippen LogP contribution is 2.18. The Morgan fingerprint density at radius 2 is 1.92 bits per heavy atom. The molecule has 7 heteroatoms. The van der Waals surface area contributed by atoms with Crippen LogP contribution >= 0.6 is 0 Å². The molecule has 0 saturated carbocycles. The van der Waals surface area contributed by atoms with E-state index in [0.717, 1.165) is 6.54 Å². The normalized spacial score (nSPS) is 18.8. The Kier molecular flexibility index (Phi) is 7.84. The number of rotatable bonds is 7. The van der Waals surface area contributed by atoms with Gasteiger partial charge in [0.15, 0.2) is 0 Å². The van der Waals surface area contributed by atoms with Gasteiger partial charge in [-0.1, -0.05) is 18.6 Å². The van der Waals surface area contributed by atoms with Gasteiger partial charge in [-0.15, -0.1) is 0 Å². The topological polar surface area (TPSA) is 73.5 Å². The predicted molar refractivity (Wildman–Crippen MR) is 99.6 cm³/mol. The number of likely N-dealkylation sites (tertiary alicyclic amines) is 1. The van der Waals surface area contributed by atoms with Crippen LogP contribution in [0.1, 0.15) is 43.5 Å². The van der Waals surface area contributed by atoms with E-state index in [-0.39, 0.29) is 30.7 Å². The molecule has 0 unspecified atom stereocenters. The summed E-state index contributed by atoms with van der Waals surface area (Å²) in [6.45, 7) is 6.52. The van der Waals surface area contributed by atoms with Crippen molar-refractivity contribution in [2.75, 3.05) is 26.2 Å². The summed E-state index contributed by atoms with van der Waals surface area (Å²) in [4.78, 5) is 26.1. The average molecular weight is 364 g/mol. The van der Waals surface area contributed by atoms with Crippen LogP contribution in [0.2, 0.25) is 0 Å². The zero-order valence-corrected chi connectivity index (χ0v) is 15.6. The van der Waals surface area contributed by atoms with Gasteiger partial charge in [0.2, 0.25) is 0 Å². The van der Waals surface area contributed by atoms with Crippen molar-refractivity contribution in [3.63, 3.8) is 0 Å². The van der Waals surface area contributed by atoms with Crippen LogP contribution in [0.25, 0.3) is 0 Å². The first-order valence-corrected chi connectivity index (χ1v) is 9.29. The van der Waals surface area contributed by atoms with Gasteiger partial charge in [-0.05, 0) is 45.4 Å². The quantitative estimate of drug-likeness (QED) is 0.649. The van der Waals surface area contributed by atoms with Gasteiger partial charge >= 0.3 is 6.03 Å². The molecule has 2 atom stereocenters. The summed E-state index contributed by atoms with van der Waals surface area (Å²) in [5.74, 6) is -1.05. The lowest BCUT2D eigenvalue weighted by Crippen LogP contribution is -2.50. The molecule has 1 heterocycles. The number of halogens is 1. The minimum absolute atomic E-state index is 0.00132. The molecule has 1 aromatic rings. The third-order valence-corrected chi connectivity index (χ3v) is 4.79. The maximum Gasteiger partial charge on any atom is 0.314 e. The molecule has 0 bridgehead atoms. The van der Waals surface area contributed by atoms with Crippen molar-refractivity contribution >= 4 is 11.9 Å². The molecule has 1 fully saturated rings. The molecule has 0 aromatic heterocycles. The fourth-order valence-electron chi connectivity index (χ4n) is 3.29. The Bertz CT molecular complexity index is 611. The number of hydrogen-bond donors (Lipinski definition) is 3. The van der Waals surface area contributed by atoms with Gasteiger partial charge in [0, 0.05) is 31.7 Å². The predicted octanol–water partition coefficient (Wildman–Crippen LogP) is 2.12. The summed E-state index contributed by atoms with van der Waals surface area (Å²) in [6, 6.07) is 6.38. The molecular weight excluding hydrogens is 335 g/mol. The van der Waals surface area contributed by atoms with E-state index in [1.54, 1.807) is 6.07 Å². The second-order valence-corrected chi connectivity index (χ2v) is 6.80. The summed E-state index contributed by atoms with van der Waals surface area (Å²) >= 11 is 0. The number of carbonyl (C=O) groups excluding carboxylic acids is 2. The molecule has 3 amide bonds. The fraction of sp³-hybridized carbons (Fsp3) is 0.579. The van der Waals surface area contributed by atoms with E-state index in [1.807, 2.05) is 0 Å². The lowest BCUT2D eigenvalue weighted by molar-refractivity contribution is 0.0949. The van der Waals surface area contributed by atoms with Crippen LogP contribution in [-0.4, -0.2) is 55.1 Å². The molecular formula is C19H29FN4O2. The SMILES string of the molecule is C[C@H]1CCCCN1[C@@H](C)CNC(=O)NCCNC(=O)c1ccccc1F. The Morgan fingerprint density at radius 1 is 1.19 bits per heavy atom. The van der Waals surface area contributed by atoms with Crippen molar-refractivity contribution in [2.24, 2.45) is 0 Å². The van der Waals surface area contributed by atoms with Crippen molar-refractivity contribution in [2.45, 2.75) is 45.2 Å². The van der Waals surface area contributed by atoms with Gasteiger partial charge < -0.3 is 16.0 Å². The van der Waals surface area contributed by atoms with Crippen molar-refractivity contribution in [3.8, 4) is 0 Å². The van der Waals surface area contributed by atoms with Gasteiger partial charge in [-0.3, -0.25) is 9.69 Å². The maximum atomic E-state index is 13.5. The second-order valence-electron chi connectivity index (χ2n) is 6.80. The number of hydrogen-bond acceptors (Lipinski definition) is 3. The number of amides is 3. The molecule has 1 aromatic carbocycles. The van der Waals surface area contributed by atoms with Crippen LogP contribution in [0.3, 0.4) is 0 Å². The summed E-state index contributed by atoms with van der Waals surface area (Å²) < 4.78 is 13.5. The van der Waals surface area contributed by atoms with Gasteiger partial charge in [0.1, 0.15) is 5.82 Å². The first kappa shape index (κ1) is 20.2. The molecule has 1 aliphatic rings. The third kappa shape index (κ3) is 5.98. The smallest absolute Gasteiger partial charge is 0.314 e. The lowest BCUT2D eigenvalue weighted by Gasteiger charge is -2.38. The van der Waals surface area contributed by atoms with E-state index in [4.69, 9.17) is 0 Å². The zero-order valence-electron chi connectivity index (χ0n) is 15.6. The molecule has 2 rings (SSSR count). The van der Waals surface area contributed by atoms with E-state index < -0.39 is 11.7 Å². The highest BCUT2D eigenvalue weighted by molar-refractivity contribution is 5.94. The van der Waals surface area contributed by atoms with E-state index in [9.17, 15) is 14.0 Å². The Morgan fingerprint density at radius 3 is 2.65 bits per heavy atom. The van der Waals surface area contributed by atoms with E-state index >= 15 is 0 Å². The molecule has 3 N–H and O–H groups in total. The highest BCUT2D eigenvalue weighted by atomic mass is 19.1. The molecule has 26 heavy (non-hydrogen) atoms. The monoisotopic (exact) mass is 364 g/mol. The van der Waals surface area contributed by atoms with E-state index in [0.29, 0.717) is 12.6 Å². The Balaban J connectivity index is 1.61. The van der Waals surface area contributed by atoms with E-state index in [2.05, 4.69) is 34.7 Å². The molecule has 6 nitrogen and oxygen atoms in total. The first-order valence-electron chi connectivity index (χ1n) is 9.29. The summed E-state index contributed by atoms with van der Waals surface area (Å²) in [7, 11) is 0. The Hall–Kier alpha value is -2.15. The first-order chi connectivity index (χ1) is 12.5. The molecule has 144 valence electrons. The van der Waals surface area contributed by atoms with Crippen LogP contribution in [0.4, 0.5) is 9.18 Å². The number of carbonyl (C=O) groups is 2. The van der Waals surface area contributed by atoms with Gasteiger partial charge in [-0.25, -0.2) is 9.18 Å². The minimum Gasteiger partial charge on any atom is -0.350 e. The van der Waals surface area contributed by atoms with Crippen molar-refractivity contribution in [3.05, 3.63) is 35.6 Å². The molecule has 0 radical (unpaired) electrons. The number of nitrogens with zero attached hydrogens (tertiary/aromatic N) is 1. The highest BCUT2D eigenvalue weighted by Gasteiger charge is 2.23. The van der Waals surface area contributed by atoms with Crippen LogP contribution in [0.5, 0.6) is 0 Å². The number of nitrogens with one attached hydrogen (secondary N) is 3. The summed E-state index contributed by atoms with van der Waals surface area (Å²) in [6.07, 6.45) is 3.69. The summed E-state index contributed by atoms with van der Waals surface area (Å²) in [5, 5.41) is 8.15. The molecule has 1 saturated heterocycles. The van der Waals surface area contributed by atoms with Crippen LogP contribution in [-0.2, 0) is 0 Å². The summed E-state index contributed by atoms with van der Waals surface area (Å²) in [5.41, 5.74) is 0.00132. The van der Waals surface area contributed by atoms with Crippen molar-refractivity contribution in [1.29, 1.82) is 0 Å². The van der Waals surface area contributed by atoms with Crippen molar-refractivity contribution in [1.82, 2.24) is 20.9 Å².